The first-order chi connectivity index (χ1) is 12.1. The molecule has 5 heteroatoms. The van der Waals surface area contributed by atoms with Gasteiger partial charge in [-0.15, -0.1) is 0 Å². The first kappa shape index (κ1) is 19.4. The predicted molar refractivity (Wildman–Crippen MR) is 100 cm³/mol. The quantitative estimate of drug-likeness (QED) is 0.674. The van der Waals surface area contributed by atoms with Crippen LogP contribution in [0.1, 0.15) is 49.7 Å². The third kappa shape index (κ3) is 6.86. The van der Waals surface area contributed by atoms with Crippen LogP contribution in [0.3, 0.4) is 0 Å². The van der Waals surface area contributed by atoms with Crippen molar-refractivity contribution in [3.63, 3.8) is 0 Å². The zero-order valence-electron chi connectivity index (χ0n) is 15.2. The Bertz CT molecular complexity index is 551. The van der Waals surface area contributed by atoms with Crippen LogP contribution in [0.25, 0.3) is 0 Å². The number of benzene rings is 1. The van der Waals surface area contributed by atoms with E-state index in [0.29, 0.717) is 25.3 Å². The van der Waals surface area contributed by atoms with Gasteiger partial charge in [0.15, 0.2) is 0 Å². The molecule has 0 aliphatic heterocycles. The normalized spacial score (nSPS) is 16.2. The van der Waals surface area contributed by atoms with E-state index in [1.54, 1.807) is 0 Å². The Kier molecular flexibility index (Phi) is 7.92. The van der Waals surface area contributed by atoms with Gasteiger partial charge in [-0.25, -0.2) is 0 Å². The topological polar surface area (TPSA) is 84.2 Å². The van der Waals surface area contributed by atoms with Crippen molar-refractivity contribution >= 4 is 11.8 Å². The highest BCUT2D eigenvalue weighted by Crippen LogP contribution is 2.26. The van der Waals surface area contributed by atoms with Gasteiger partial charge >= 0.3 is 0 Å². The molecule has 1 aliphatic carbocycles. The standard InChI is InChI=1S/C20H31N3O2/c1-15-7-9-16(10-8-15)11-12-19(24)22-14-20(25)23-18(13-21)17-5-3-2-4-6-17/h7-10,17-18H,2-6,11-14,21H2,1H3,(H,22,24)(H,23,25). The Balaban J connectivity index is 1.67. The lowest BCUT2D eigenvalue weighted by Crippen LogP contribution is -2.49. The van der Waals surface area contributed by atoms with Crippen LogP contribution in [-0.4, -0.2) is 30.9 Å². The Morgan fingerprint density at radius 1 is 1.12 bits per heavy atom. The van der Waals surface area contributed by atoms with Crippen molar-refractivity contribution in [3.8, 4) is 0 Å². The highest BCUT2D eigenvalue weighted by atomic mass is 16.2. The Hall–Kier alpha value is -1.88. The molecule has 1 aromatic rings. The average Bonchev–Trinajstić information content (AvgIpc) is 2.64. The molecule has 4 N–H and O–H groups in total. The van der Waals surface area contributed by atoms with E-state index in [1.807, 2.05) is 31.2 Å². The van der Waals surface area contributed by atoms with E-state index in [9.17, 15) is 9.59 Å². The van der Waals surface area contributed by atoms with E-state index in [0.717, 1.165) is 18.4 Å². The summed E-state index contributed by atoms with van der Waals surface area (Å²) in [5, 5.41) is 5.70. The van der Waals surface area contributed by atoms with Gasteiger partial charge in [-0.3, -0.25) is 9.59 Å². The molecule has 1 aromatic carbocycles. The molecule has 1 aliphatic rings. The maximum absolute atomic E-state index is 12.1. The minimum absolute atomic E-state index is 0.0238. The first-order valence-electron chi connectivity index (χ1n) is 9.40. The number of amides is 2. The maximum atomic E-state index is 12.1. The van der Waals surface area contributed by atoms with Crippen LogP contribution in [0, 0.1) is 12.8 Å². The van der Waals surface area contributed by atoms with Gasteiger partial charge in [-0.2, -0.15) is 0 Å². The largest absolute Gasteiger partial charge is 0.350 e. The molecular weight excluding hydrogens is 314 g/mol. The molecule has 2 amide bonds. The van der Waals surface area contributed by atoms with E-state index in [1.165, 1.54) is 24.8 Å². The van der Waals surface area contributed by atoms with E-state index in [4.69, 9.17) is 5.73 Å². The molecule has 1 saturated carbocycles. The fraction of sp³-hybridized carbons (Fsp3) is 0.600. The van der Waals surface area contributed by atoms with Crippen molar-refractivity contribution in [1.29, 1.82) is 0 Å². The van der Waals surface area contributed by atoms with Crippen molar-refractivity contribution < 1.29 is 9.59 Å². The lowest BCUT2D eigenvalue weighted by molar-refractivity contribution is -0.126. The number of nitrogens with two attached hydrogens (primary N) is 1. The maximum Gasteiger partial charge on any atom is 0.239 e. The number of aryl methyl sites for hydroxylation is 2. The van der Waals surface area contributed by atoms with Gasteiger partial charge in [-0.1, -0.05) is 49.1 Å². The fourth-order valence-electron chi connectivity index (χ4n) is 3.44. The first-order valence-corrected chi connectivity index (χ1v) is 9.40. The zero-order chi connectivity index (χ0) is 18.1. The molecular formula is C20H31N3O2. The second kappa shape index (κ2) is 10.2. The van der Waals surface area contributed by atoms with Gasteiger partial charge in [0.05, 0.1) is 6.54 Å². The van der Waals surface area contributed by atoms with Crippen LogP contribution in [0.4, 0.5) is 0 Å². The van der Waals surface area contributed by atoms with E-state index >= 15 is 0 Å². The molecule has 1 atom stereocenters. The third-order valence-electron chi connectivity index (χ3n) is 5.03. The Morgan fingerprint density at radius 3 is 2.44 bits per heavy atom. The van der Waals surface area contributed by atoms with E-state index < -0.39 is 0 Å². The van der Waals surface area contributed by atoms with Crippen LogP contribution in [-0.2, 0) is 16.0 Å². The van der Waals surface area contributed by atoms with Crippen LogP contribution in [0.15, 0.2) is 24.3 Å². The van der Waals surface area contributed by atoms with Gasteiger partial charge < -0.3 is 16.4 Å². The van der Waals surface area contributed by atoms with E-state index in [2.05, 4.69) is 10.6 Å². The average molecular weight is 345 g/mol. The number of rotatable bonds is 8. The van der Waals surface area contributed by atoms with Crippen molar-refractivity contribution in [2.75, 3.05) is 13.1 Å². The van der Waals surface area contributed by atoms with Crippen molar-refractivity contribution in [3.05, 3.63) is 35.4 Å². The lowest BCUT2D eigenvalue weighted by Gasteiger charge is -2.30. The van der Waals surface area contributed by atoms with Gasteiger partial charge in [0.1, 0.15) is 0 Å². The third-order valence-corrected chi connectivity index (χ3v) is 5.03. The molecule has 0 bridgehead atoms. The molecule has 138 valence electrons. The Labute approximate surface area is 150 Å². The zero-order valence-corrected chi connectivity index (χ0v) is 15.2. The van der Waals surface area contributed by atoms with Gasteiger partial charge in [0, 0.05) is 19.0 Å². The number of hydrogen-bond donors (Lipinski definition) is 3. The molecule has 5 nitrogen and oxygen atoms in total. The minimum Gasteiger partial charge on any atom is -0.350 e. The summed E-state index contributed by atoms with van der Waals surface area (Å²) in [4.78, 5) is 24.0. The van der Waals surface area contributed by atoms with Gasteiger partial charge in [0.25, 0.3) is 0 Å². The monoisotopic (exact) mass is 345 g/mol. The van der Waals surface area contributed by atoms with Crippen molar-refractivity contribution in [2.45, 2.75) is 57.9 Å². The smallest absolute Gasteiger partial charge is 0.239 e. The lowest BCUT2D eigenvalue weighted by atomic mass is 9.84. The van der Waals surface area contributed by atoms with Crippen LogP contribution < -0.4 is 16.4 Å². The second-order valence-corrected chi connectivity index (χ2v) is 7.07. The highest BCUT2D eigenvalue weighted by molar-refractivity contribution is 5.84. The number of nitrogens with one attached hydrogen (secondary N) is 2. The molecule has 2 rings (SSSR count). The van der Waals surface area contributed by atoms with Gasteiger partial charge in [0.2, 0.25) is 11.8 Å². The summed E-state index contributed by atoms with van der Waals surface area (Å²) in [6.45, 7) is 2.52. The number of hydrogen-bond acceptors (Lipinski definition) is 3. The highest BCUT2D eigenvalue weighted by Gasteiger charge is 2.23. The van der Waals surface area contributed by atoms with Crippen LogP contribution >= 0.6 is 0 Å². The summed E-state index contributed by atoms with van der Waals surface area (Å²) in [6, 6.07) is 8.17. The van der Waals surface area contributed by atoms with E-state index in [-0.39, 0.29) is 24.4 Å². The molecule has 25 heavy (non-hydrogen) atoms. The van der Waals surface area contributed by atoms with Crippen LogP contribution in [0.2, 0.25) is 0 Å². The summed E-state index contributed by atoms with van der Waals surface area (Å²) in [6.07, 6.45) is 7.04. The van der Waals surface area contributed by atoms with Crippen molar-refractivity contribution in [2.24, 2.45) is 11.7 Å². The number of carbonyl (C=O) groups excluding carboxylic acids is 2. The van der Waals surface area contributed by atoms with Crippen LogP contribution in [0.5, 0.6) is 0 Å². The molecule has 0 spiro atoms. The minimum atomic E-state index is -0.148. The molecule has 1 unspecified atom stereocenters. The molecule has 1 fully saturated rings. The predicted octanol–water partition coefficient (Wildman–Crippen LogP) is 2.07. The summed E-state index contributed by atoms with van der Waals surface area (Å²) in [7, 11) is 0. The fourth-order valence-corrected chi connectivity index (χ4v) is 3.44. The summed E-state index contributed by atoms with van der Waals surface area (Å²) in [5.74, 6) is 0.224. The molecule has 0 saturated heterocycles. The molecule has 0 radical (unpaired) electrons. The summed E-state index contributed by atoms with van der Waals surface area (Å²) >= 11 is 0. The molecule has 0 heterocycles. The SMILES string of the molecule is Cc1ccc(CCC(=O)NCC(=O)NC(CN)C2CCCCC2)cc1. The summed E-state index contributed by atoms with van der Waals surface area (Å²) < 4.78 is 0. The molecule has 0 aromatic heterocycles. The summed E-state index contributed by atoms with van der Waals surface area (Å²) in [5.41, 5.74) is 8.16. The Morgan fingerprint density at radius 2 is 1.80 bits per heavy atom. The van der Waals surface area contributed by atoms with Crippen molar-refractivity contribution in [1.82, 2.24) is 10.6 Å². The second-order valence-electron chi connectivity index (χ2n) is 7.07. The van der Waals surface area contributed by atoms with Gasteiger partial charge in [-0.05, 0) is 37.7 Å². The number of carbonyl (C=O) groups is 2.